The summed E-state index contributed by atoms with van der Waals surface area (Å²) in [7, 11) is 0. The third-order valence-corrected chi connectivity index (χ3v) is 6.57. The zero-order valence-electron chi connectivity index (χ0n) is 22.2. The van der Waals surface area contributed by atoms with E-state index in [-0.39, 0.29) is 31.2 Å². The molecule has 0 radical (unpaired) electrons. The molecule has 1 aliphatic carbocycles. The van der Waals surface area contributed by atoms with Crippen molar-refractivity contribution in [3.8, 4) is 0 Å². The fraction of sp³-hybridized carbons (Fsp3) is 0.704. The smallest absolute Gasteiger partial charge is 0.410 e. The van der Waals surface area contributed by atoms with Gasteiger partial charge in [0, 0.05) is 13.0 Å². The highest BCUT2D eigenvalue weighted by atomic mass is 19.1. The van der Waals surface area contributed by atoms with Crippen LogP contribution in [0.1, 0.15) is 65.4 Å². The van der Waals surface area contributed by atoms with E-state index < -0.39 is 53.5 Å². The van der Waals surface area contributed by atoms with Gasteiger partial charge in [-0.1, -0.05) is 19.3 Å². The summed E-state index contributed by atoms with van der Waals surface area (Å²) in [6.45, 7) is 6.95. The number of benzene rings is 1. The minimum atomic E-state index is -1.30. The Kier molecular flexibility index (Phi) is 10.3. The number of amides is 2. The molecule has 4 atom stereocenters. The topological polar surface area (TPSA) is 97.3 Å². The first-order valence-electron chi connectivity index (χ1n) is 13.0. The minimum Gasteiger partial charge on any atom is -0.444 e. The van der Waals surface area contributed by atoms with Gasteiger partial charge in [-0.05, 0) is 57.7 Å². The summed E-state index contributed by atoms with van der Waals surface area (Å²) in [5, 5.41) is 14.0. The molecule has 0 bridgehead atoms. The van der Waals surface area contributed by atoms with E-state index in [0.29, 0.717) is 6.61 Å². The molecule has 0 spiro atoms. The molecule has 2 amide bonds. The van der Waals surface area contributed by atoms with Gasteiger partial charge in [0.05, 0.1) is 50.2 Å². The standard InChI is InChI=1S/C27H40F2N2O6/c1-17(32)30-23(12-18-10-19(28)13-20(29)11-18)25(33)24-16-36-22(15-35-21-8-6-5-7-9-21)14-31(24)26(34)37-27(2,3)4/h10-11,13,21-25,33H,5-9,12,14-16H2,1-4H3,(H,30,32). The molecular weight excluding hydrogens is 486 g/mol. The zero-order chi connectivity index (χ0) is 27.2. The largest absolute Gasteiger partial charge is 0.444 e. The van der Waals surface area contributed by atoms with E-state index in [1.54, 1.807) is 20.8 Å². The molecule has 2 fully saturated rings. The monoisotopic (exact) mass is 526 g/mol. The van der Waals surface area contributed by atoms with E-state index in [1.807, 2.05) is 0 Å². The highest BCUT2D eigenvalue weighted by Gasteiger charge is 2.42. The van der Waals surface area contributed by atoms with Crippen molar-refractivity contribution < 1.29 is 37.7 Å². The molecule has 8 nitrogen and oxygen atoms in total. The maximum atomic E-state index is 13.8. The summed E-state index contributed by atoms with van der Waals surface area (Å²) < 4.78 is 45.2. The Hall–Kier alpha value is -2.30. The van der Waals surface area contributed by atoms with Gasteiger partial charge in [0.25, 0.3) is 0 Å². The van der Waals surface area contributed by atoms with Gasteiger partial charge in [-0.25, -0.2) is 13.6 Å². The van der Waals surface area contributed by atoms with Crippen LogP contribution in [0.2, 0.25) is 0 Å². The van der Waals surface area contributed by atoms with Crippen LogP contribution in [0, 0.1) is 11.6 Å². The van der Waals surface area contributed by atoms with E-state index >= 15 is 0 Å². The van der Waals surface area contributed by atoms with Crippen LogP contribution in [-0.4, -0.2) is 77.8 Å². The summed E-state index contributed by atoms with van der Waals surface area (Å²) in [6, 6.07) is 1.24. The van der Waals surface area contributed by atoms with Crippen molar-refractivity contribution in [3.05, 3.63) is 35.4 Å². The Morgan fingerprint density at radius 3 is 2.41 bits per heavy atom. The third kappa shape index (κ3) is 9.19. The Morgan fingerprint density at radius 2 is 1.81 bits per heavy atom. The number of aliphatic hydroxyl groups is 1. The molecule has 2 aliphatic rings. The third-order valence-electron chi connectivity index (χ3n) is 6.57. The van der Waals surface area contributed by atoms with Crippen molar-refractivity contribution in [3.63, 3.8) is 0 Å². The summed E-state index contributed by atoms with van der Waals surface area (Å²) in [5.74, 6) is -1.95. The van der Waals surface area contributed by atoms with Gasteiger partial charge in [-0.15, -0.1) is 0 Å². The Bertz CT molecular complexity index is 898. The average molecular weight is 527 g/mol. The molecule has 2 N–H and O–H groups in total. The number of hydrogen-bond donors (Lipinski definition) is 2. The number of nitrogens with zero attached hydrogens (tertiary/aromatic N) is 1. The molecule has 1 saturated heterocycles. The fourth-order valence-corrected chi connectivity index (χ4v) is 4.89. The van der Waals surface area contributed by atoms with Crippen LogP contribution in [0.15, 0.2) is 18.2 Å². The van der Waals surface area contributed by atoms with Crippen LogP contribution in [0.4, 0.5) is 13.6 Å². The highest BCUT2D eigenvalue weighted by molar-refractivity contribution is 5.73. The zero-order valence-corrected chi connectivity index (χ0v) is 22.2. The van der Waals surface area contributed by atoms with Crippen molar-refractivity contribution in [1.29, 1.82) is 0 Å². The quantitative estimate of drug-likeness (QED) is 0.536. The van der Waals surface area contributed by atoms with Gasteiger partial charge in [-0.2, -0.15) is 0 Å². The van der Waals surface area contributed by atoms with Crippen molar-refractivity contribution >= 4 is 12.0 Å². The van der Waals surface area contributed by atoms with E-state index in [1.165, 1.54) is 18.2 Å². The van der Waals surface area contributed by atoms with Gasteiger partial charge in [0.1, 0.15) is 17.2 Å². The van der Waals surface area contributed by atoms with E-state index in [0.717, 1.165) is 43.9 Å². The number of rotatable bonds is 8. The summed E-state index contributed by atoms with van der Waals surface area (Å²) >= 11 is 0. The van der Waals surface area contributed by atoms with Crippen molar-refractivity contribution in [2.24, 2.45) is 0 Å². The first-order valence-corrected chi connectivity index (χ1v) is 13.0. The lowest BCUT2D eigenvalue weighted by molar-refractivity contribution is -0.134. The molecule has 1 aromatic carbocycles. The number of nitrogens with one attached hydrogen (secondary N) is 1. The van der Waals surface area contributed by atoms with Crippen molar-refractivity contribution in [2.45, 2.75) is 102 Å². The molecule has 10 heteroatoms. The number of aliphatic hydroxyl groups excluding tert-OH is 1. The van der Waals surface area contributed by atoms with Gasteiger partial charge < -0.3 is 24.6 Å². The molecule has 3 rings (SSSR count). The number of hydrogen-bond acceptors (Lipinski definition) is 6. The number of ether oxygens (including phenoxy) is 3. The lowest BCUT2D eigenvalue weighted by Gasteiger charge is -2.43. The van der Waals surface area contributed by atoms with E-state index in [9.17, 15) is 23.5 Å². The lowest BCUT2D eigenvalue weighted by Crippen LogP contribution is -2.63. The lowest BCUT2D eigenvalue weighted by atomic mass is 9.94. The summed E-state index contributed by atoms with van der Waals surface area (Å²) in [5.41, 5.74) is -0.510. The number of carbonyl (C=O) groups excluding carboxylic acids is 2. The van der Waals surface area contributed by atoms with Crippen molar-refractivity contribution in [1.82, 2.24) is 10.2 Å². The predicted molar refractivity (Wildman–Crippen MR) is 133 cm³/mol. The second-order valence-electron chi connectivity index (χ2n) is 11.0. The maximum Gasteiger partial charge on any atom is 0.410 e. The second kappa shape index (κ2) is 13.0. The summed E-state index contributed by atoms with van der Waals surface area (Å²) in [4.78, 5) is 26.5. The van der Waals surface area contributed by atoms with Crippen LogP contribution >= 0.6 is 0 Å². The van der Waals surface area contributed by atoms with Crippen LogP contribution in [0.25, 0.3) is 0 Å². The van der Waals surface area contributed by atoms with Crippen LogP contribution in [0.3, 0.4) is 0 Å². The SMILES string of the molecule is CC(=O)NC(Cc1cc(F)cc(F)c1)C(O)C1COC(COC2CCCCC2)CN1C(=O)OC(C)(C)C. The Labute approximate surface area is 217 Å². The van der Waals surface area contributed by atoms with Gasteiger partial charge in [-0.3, -0.25) is 9.69 Å². The molecule has 1 heterocycles. The number of halogens is 2. The van der Waals surface area contributed by atoms with Crippen LogP contribution < -0.4 is 5.32 Å². The number of carbonyl (C=O) groups is 2. The minimum absolute atomic E-state index is 0.0211. The molecule has 208 valence electrons. The summed E-state index contributed by atoms with van der Waals surface area (Å²) in [6.07, 6.45) is 3.27. The molecule has 37 heavy (non-hydrogen) atoms. The van der Waals surface area contributed by atoms with Gasteiger partial charge >= 0.3 is 6.09 Å². The number of morpholine rings is 1. The average Bonchev–Trinajstić information content (AvgIpc) is 2.80. The molecule has 4 unspecified atom stereocenters. The molecule has 1 saturated carbocycles. The fourth-order valence-electron chi connectivity index (χ4n) is 4.89. The maximum absolute atomic E-state index is 13.8. The van der Waals surface area contributed by atoms with Crippen LogP contribution in [0.5, 0.6) is 0 Å². The Morgan fingerprint density at radius 1 is 1.16 bits per heavy atom. The van der Waals surface area contributed by atoms with Crippen LogP contribution in [-0.2, 0) is 25.4 Å². The van der Waals surface area contributed by atoms with Gasteiger partial charge in [0.15, 0.2) is 0 Å². The predicted octanol–water partition coefficient (Wildman–Crippen LogP) is 3.73. The molecule has 1 aliphatic heterocycles. The second-order valence-corrected chi connectivity index (χ2v) is 11.0. The van der Waals surface area contributed by atoms with E-state index in [2.05, 4.69) is 5.32 Å². The normalized spacial score (nSPS) is 22.8. The molecule has 0 aromatic heterocycles. The molecule has 1 aromatic rings. The van der Waals surface area contributed by atoms with E-state index in [4.69, 9.17) is 14.2 Å². The Balaban J connectivity index is 1.76. The first-order chi connectivity index (χ1) is 17.4. The highest BCUT2D eigenvalue weighted by Crippen LogP contribution is 2.25. The molecular formula is C27H40F2N2O6. The van der Waals surface area contributed by atoms with Gasteiger partial charge in [0.2, 0.25) is 5.91 Å². The first kappa shape index (κ1) is 29.3. The van der Waals surface area contributed by atoms with Crippen molar-refractivity contribution in [2.75, 3.05) is 19.8 Å².